The van der Waals surface area contributed by atoms with Gasteiger partial charge in [-0.3, -0.25) is 4.79 Å². The minimum atomic E-state index is -0.242. The molecule has 5 nitrogen and oxygen atoms in total. The maximum Gasteiger partial charge on any atom is 0.258 e. The van der Waals surface area contributed by atoms with Gasteiger partial charge in [0, 0.05) is 22.6 Å². The highest BCUT2D eigenvalue weighted by Gasteiger charge is 2.09. The lowest BCUT2D eigenvalue weighted by atomic mass is 10.2. The molecule has 0 aliphatic rings. The Labute approximate surface area is 154 Å². The summed E-state index contributed by atoms with van der Waals surface area (Å²) in [6.45, 7) is 4.00. The first kappa shape index (κ1) is 17.1. The molecule has 1 aromatic heterocycles. The van der Waals surface area contributed by atoms with Gasteiger partial charge in [-0.25, -0.2) is 9.97 Å². The summed E-state index contributed by atoms with van der Waals surface area (Å²) in [6.07, 6.45) is 3.01. The predicted molar refractivity (Wildman–Crippen MR) is 103 cm³/mol. The first-order chi connectivity index (χ1) is 12.0. The van der Waals surface area contributed by atoms with Gasteiger partial charge in [-0.05, 0) is 65.2 Å². The molecule has 3 aromatic rings. The molecule has 25 heavy (non-hydrogen) atoms. The highest BCUT2D eigenvalue weighted by atomic mass is 79.9. The Bertz CT molecular complexity index is 910. The monoisotopic (exact) mass is 396 g/mol. The van der Waals surface area contributed by atoms with Crippen molar-refractivity contribution in [2.75, 3.05) is 10.6 Å². The minimum absolute atomic E-state index is 0.242. The molecule has 0 radical (unpaired) electrons. The summed E-state index contributed by atoms with van der Waals surface area (Å²) in [4.78, 5) is 20.7. The smallest absolute Gasteiger partial charge is 0.258 e. The molecule has 0 saturated heterocycles. The van der Waals surface area contributed by atoms with E-state index < -0.39 is 0 Å². The summed E-state index contributed by atoms with van der Waals surface area (Å²) in [5.74, 6) is 0.185. The second-order valence-electron chi connectivity index (χ2n) is 5.73. The molecule has 0 unspecified atom stereocenters. The van der Waals surface area contributed by atoms with Gasteiger partial charge in [-0.15, -0.1) is 0 Å². The summed E-state index contributed by atoms with van der Waals surface area (Å²) in [6, 6.07) is 13.6. The van der Waals surface area contributed by atoms with E-state index in [1.807, 2.05) is 56.3 Å². The van der Waals surface area contributed by atoms with E-state index in [4.69, 9.17) is 0 Å². The number of nitrogens with zero attached hydrogens (tertiary/aromatic N) is 2. The lowest BCUT2D eigenvalue weighted by Gasteiger charge is -2.09. The average Bonchev–Trinajstić information content (AvgIpc) is 2.58. The van der Waals surface area contributed by atoms with Crippen molar-refractivity contribution < 1.29 is 4.79 Å². The van der Waals surface area contributed by atoms with Crippen molar-refractivity contribution in [3.05, 3.63) is 76.0 Å². The molecule has 0 spiro atoms. The Morgan fingerprint density at radius 1 is 1.00 bits per heavy atom. The number of anilines is 3. The Hall–Kier alpha value is -2.73. The average molecular weight is 397 g/mol. The van der Waals surface area contributed by atoms with E-state index in [2.05, 4.69) is 36.5 Å². The van der Waals surface area contributed by atoms with Crippen LogP contribution in [-0.4, -0.2) is 15.9 Å². The summed E-state index contributed by atoms with van der Waals surface area (Å²) in [5.41, 5.74) is 4.24. The molecule has 126 valence electrons. The van der Waals surface area contributed by atoms with Crippen LogP contribution in [0.4, 0.5) is 17.3 Å². The van der Waals surface area contributed by atoms with Crippen LogP contribution in [0.3, 0.4) is 0 Å². The third kappa shape index (κ3) is 4.42. The van der Waals surface area contributed by atoms with Gasteiger partial charge in [-0.2, -0.15) is 0 Å². The number of carbonyl (C=O) groups excluding carboxylic acids is 1. The summed E-state index contributed by atoms with van der Waals surface area (Å²) >= 11 is 3.50. The molecule has 0 atom stereocenters. The maximum absolute atomic E-state index is 12.3. The van der Waals surface area contributed by atoms with Crippen molar-refractivity contribution in [1.29, 1.82) is 0 Å². The fraction of sp³-hybridized carbons (Fsp3) is 0.105. The maximum atomic E-state index is 12.3. The predicted octanol–water partition coefficient (Wildman–Crippen LogP) is 4.85. The Balaban J connectivity index is 1.70. The second kappa shape index (κ2) is 7.44. The lowest BCUT2D eigenvalue weighted by molar-refractivity contribution is 0.102. The number of benzene rings is 2. The van der Waals surface area contributed by atoms with Gasteiger partial charge in [0.15, 0.2) is 0 Å². The van der Waals surface area contributed by atoms with Crippen LogP contribution in [-0.2, 0) is 0 Å². The van der Waals surface area contributed by atoms with Gasteiger partial charge in [0.05, 0.1) is 11.3 Å². The van der Waals surface area contributed by atoms with Gasteiger partial charge in [0.25, 0.3) is 5.91 Å². The van der Waals surface area contributed by atoms with Crippen molar-refractivity contribution in [1.82, 2.24) is 9.97 Å². The van der Waals surface area contributed by atoms with E-state index in [-0.39, 0.29) is 5.91 Å². The minimum Gasteiger partial charge on any atom is -0.323 e. The van der Waals surface area contributed by atoms with Crippen LogP contribution in [0.25, 0.3) is 0 Å². The van der Waals surface area contributed by atoms with Gasteiger partial charge >= 0.3 is 0 Å². The topological polar surface area (TPSA) is 66.9 Å². The fourth-order valence-corrected chi connectivity index (χ4v) is 2.87. The van der Waals surface area contributed by atoms with Crippen LogP contribution in [0.2, 0.25) is 0 Å². The van der Waals surface area contributed by atoms with Crippen LogP contribution >= 0.6 is 15.9 Å². The summed E-state index contributed by atoms with van der Waals surface area (Å²) in [5, 5.41) is 5.96. The third-order valence-electron chi connectivity index (χ3n) is 3.56. The molecule has 0 saturated carbocycles. The molecular formula is C19H17BrN4O. The first-order valence-corrected chi connectivity index (χ1v) is 8.54. The van der Waals surface area contributed by atoms with Crippen molar-refractivity contribution in [3.63, 3.8) is 0 Å². The van der Waals surface area contributed by atoms with Crippen molar-refractivity contribution in [3.8, 4) is 0 Å². The van der Waals surface area contributed by atoms with Crippen LogP contribution in [0.5, 0.6) is 0 Å². The fourth-order valence-electron chi connectivity index (χ4n) is 2.28. The number of halogens is 1. The normalized spacial score (nSPS) is 10.4. The lowest BCUT2D eigenvalue weighted by Crippen LogP contribution is -2.13. The van der Waals surface area contributed by atoms with Gasteiger partial charge < -0.3 is 10.6 Å². The zero-order chi connectivity index (χ0) is 17.8. The van der Waals surface area contributed by atoms with Crippen LogP contribution in [0.15, 0.2) is 59.3 Å². The number of carbonyl (C=O) groups is 1. The molecule has 3 rings (SSSR count). The quantitative estimate of drug-likeness (QED) is 0.661. The SMILES string of the molecule is Cc1cccc(NC(=O)c2cnc(Nc3ccc(C)cc3Br)nc2)c1. The third-order valence-corrected chi connectivity index (χ3v) is 4.22. The summed E-state index contributed by atoms with van der Waals surface area (Å²) < 4.78 is 0.928. The molecule has 2 N–H and O–H groups in total. The number of amides is 1. The molecule has 1 heterocycles. The Kier molecular flexibility index (Phi) is 5.09. The van der Waals surface area contributed by atoms with Crippen molar-refractivity contribution in [2.24, 2.45) is 0 Å². The zero-order valence-electron chi connectivity index (χ0n) is 13.9. The van der Waals surface area contributed by atoms with E-state index >= 15 is 0 Å². The largest absolute Gasteiger partial charge is 0.323 e. The van der Waals surface area contributed by atoms with E-state index in [1.165, 1.54) is 12.4 Å². The van der Waals surface area contributed by atoms with E-state index in [0.29, 0.717) is 11.5 Å². The number of nitrogens with one attached hydrogen (secondary N) is 2. The van der Waals surface area contributed by atoms with Crippen LogP contribution in [0, 0.1) is 13.8 Å². The number of hydrogen-bond donors (Lipinski definition) is 2. The van der Waals surface area contributed by atoms with E-state index in [0.717, 1.165) is 27.0 Å². The highest BCUT2D eigenvalue weighted by Crippen LogP contribution is 2.25. The molecular weight excluding hydrogens is 380 g/mol. The molecule has 0 fully saturated rings. The van der Waals surface area contributed by atoms with Gasteiger partial charge in [0.1, 0.15) is 0 Å². The molecule has 1 amide bonds. The standard InChI is InChI=1S/C19H17BrN4O/c1-12-4-3-5-15(8-12)23-18(25)14-10-21-19(22-11-14)24-17-7-6-13(2)9-16(17)20/h3-11H,1-2H3,(H,23,25)(H,21,22,24). The molecule has 0 aliphatic carbocycles. The van der Waals surface area contributed by atoms with Gasteiger partial charge in [0.2, 0.25) is 5.95 Å². The van der Waals surface area contributed by atoms with Crippen molar-refractivity contribution >= 4 is 39.2 Å². The Morgan fingerprint density at radius 3 is 2.40 bits per heavy atom. The Morgan fingerprint density at radius 2 is 1.72 bits per heavy atom. The zero-order valence-corrected chi connectivity index (χ0v) is 15.5. The first-order valence-electron chi connectivity index (χ1n) is 7.74. The molecule has 6 heteroatoms. The molecule has 0 aliphatic heterocycles. The summed E-state index contributed by atoms with van der Waals surface area (Å²) in [7, 11) is 0. The van der Waals surface area contributed by atoms with E-state index in [1.54, 1.807) is 0 Å². The number of aryl methyl sites for hydroxylation is 2. The van der Waals surface area contributed by atoms with Crippen molar-refractivity contribution in [2.45, 2.75) is 13.8 Å². The molecule has 2 aromatic carbocycles. The number of aromatic nitrogens is 2. The molecule has 0 bridgehead atoms. The highest BCUT2D eigenvalue weighted by molar-refractivity contribution is 9.10. The number of rotatable bonds is 4. The van der Waals surface area contributed by atoms with E-state index in [9.17, 15) is 4.79 Å². The van der Waals surface area contributed by atoms with Gasteiger partial charge in [-0.1, -0.05) is 18.2 Å². The van der Waals surface area contributed by atoms with Crippen LogP contribution in [0.1, 0.15) is 21.5 Å². The van der Waals surface area contributed by atoms with Crippen LogP contribution < -0.4 is 10.6 Å². The number of hydrogen-bond acceptors (Lipinski definition) is 4. The second-order valence-corrected chi connectivity index (χ2v) is 6.58.